The highest BCUT2D eigenvalue weighted by molar-refractivity contribution is 5.76. The molecule has 1 N–H and O–H groups in total. The molecule has 0 saturated carbocycles. The fourth-order valence-electron chi connectivity index (χ4n) is 5.02. The molecule has 186 valence electrons. The van der Waals surface area contributed by atoms with Crippen molar-refractivity contribution < 1.29 is 19.2 Å². The van der Waals surface area contributed by atoms with E-state index >= 15 is 0 Å². The van der Waals surface area contributed by atoms with E-state index in [4.69, 9.17) is 4.84 Å². The minimum absolute atomic E-state index is 0.0562. The highest BCUT2D eigenvalue weighted by Gasteiger charge is 2.54. The molecule has 6 heteroatoms. The first-order chi connectivity index (χ1) is 15.6. The smallest absolute Gasteiger partial charge is 0.305 e. The number of carbonyl (C=O) groups excluding carboxylic acids is 2. The lowest BCUT2D eigenvalue weighted by Crippen LogP contribution is -2.70. The van der Waals surface area contributed by atoms with Crippen molar-refractivity contribution in [1.29, 1.82) is 0 Å². The van der Waals surface area contributed by atoms with Crippen LogP contribution in [0.5, 0.6) is 0 Å². The van der Waals surface area contributed by atoms with Gasteiger partial charge in [0, 0.05) is 30.0 Å². The van der Waals surface area contributed by atoms with E-state index in [0.29, 0.717) is 25.7 Å². The number of nitrogens with zero attached hydrogens (tertiary/aromatic N) is 1. The van der Waals surface area contributed by atoms with Crippen LogP contribution < -0.4 is 5.32 Å². The lowest BCUT2D eigenvalue weighted by Gasteiger charge is -2.60. The minimum atomic E-state index is -0.227. The van der Waals surface area contributed by atoms with E-state index in [2.05, 4.69) is 68.8 Å². The summed E-state index contributed by atoms with van der Waals surface area (Å²) in [6.07, 6.45) is 4.74. The van der Waals surface area contributed by atoms with E-state index in [-0.39, 0.29) is 41.0 Å². The van der Waals surface area contributed by atoms with E-state index in [0.717, 1.165) is 24.8 Å². The molecule has 1 aliphatic rings. The van der Waals surface area contributed by atoms with Crippen LogP contribution in [0.4, 0.5) is 0 Å². The van der Waals surface area contributed by atoms with Crippen LogP contribution in [0.25, 0.3) is 0 Å². The number of hydroxylamine groups is 2. The first-order valence-electron chi connectivity index (χ1n) is 12.5. The highest BCUT2D eigenvalue weighted by Crippen LogP contribution is 2.47. The second-order valence-corrected chi connectivity index (χ2v) is 9.96. The molecule has 2 rings (SSSR count). The first kappa shape index (κ1) is 27.3. The van der Waals surface area contributed by atoms with Crippen LogP contribution in [0.1, 0.15) is 98.2 Å². The molecule has 1 amide bonds. The molecule has 0 aromatic heterocycles. The zero-order valence-electron chi connectivity index (χ0n) is 21.6. The van der Waals surface area contributed by atoms with Crippen LogP contribution in [0.15, 0.2) is 30.3 Å². The Kier molecular flexibility index (Phi) is 9.92. The van der Waals surface area contributed by atoms with Crippen molar-refractivity contribution in [3.63, 3.8) is 0 Å². The van der Waals surface area contributed by atoms with E-state index in [1.165, 1.54) is 7.11 Å². The molecule has 33 heavy (non-hydrogen) atoms. The summed E-state index contributed by atoms with van der Waals surface area (Å²) in [5.74, 6) is 0.0447. The normalized spacial score (nSPS) is 28.8. The monoisotopic (exact) mass is 460 g/mol. The first-order valence-corrected chi connectivity index (χ1v) is 12.5. The zero-order chi connectivity index (χ0) is 24.6. The average molecular weight is 461 g/mol. The Morgan fingerprint density at radius 2 is 1.76 bits per heavy atom. The molecule has 1 heterocycles. The van der Waals surface area contributed by atoms with Gasteiger partial charge in [-0.25, -0.2) is 0 Å². The second kappa shape index (κ2) is 12.0. The summed E-state index contributed by atoms with van der Waals surface area (Å²) in [7, 11) is 1.39. The number of carbonyl (C=O) groups is 2. The molecule has 1 aromatic rings. The molecule has 0 radical (unpaired) electrons. The van der Waals surface area contributed by atoms with Gasteiger partial charge in [-0.3, -0.25) is 14.4 Å². The maximum atomic E-state index is 12.7. The van der Waals surface area contributed by atoms with Crippen molar-refractivity contribution in [2.24, 2.45) is 5.92 Å². The summed E-state index contributed by atoms with van der Waals surface area (Å²) in [6, 6.07) is 10.4. The number of nitrogens with one attached hydrogen (secondary N) is 1. The average Bonchev–Trinajstić information content (AvgIpc) is 2.83. The highest BCUT2D eigenvalue weighted by atomic mass is 16.7. The molecule has 1 aliphatic heterocycles. The van der Waals surface area contributed by atoms with Gasteiger partial charge in [0.05, 0.1) is 7.11 Å². The molecule has 1 fully saturated rings. The molecule has 1 saturated heterocycles. The van der Waals surface area contributed by atoms with Crippen LogP contribution >= 0.6 is 0 Å². The number of hydrogen-bond acceptors (Lipinski definition) is 5. The van der Waals surface area contributed by atoms with Crippen molar-refractivity contribution in [2.75, 3.05) is 7.11 Å². The summed E-state index contributed by atoms with van der Waals surface area (Å²) in [5, 5.41) is 5.57. The SMILES string of the molecule is CCC1(C)CC(NC(=O)CCCCC(=O)OC)C(C)C(C)(CC)N1OC(C)c1ccccc1. The molecular weight excluding hydrogens is 416 g/mol. The fraction of sp³-hybridized carbons (Fsp3) is 0.704. The van der Waals surface area contributed by atoms with E-state index in [1.807, 2.05) is 18.2 Å². The number of benzene rings is 1. The number of unbranched alkanes of at least 4 members (excludes halogenated alkanes) is 1. The van der Waals surface area contributed by atoms with E-state index in [9.17, 15) is 9.59 Å². The van der Waals surface area contributed by atoms with Gasteiger partial charge in [-0.2, -0.15) is 5.06 Å². The van der Waals surface area contributed by atoms with Crippen LogP contribution in [-0.4, -0.2) is 41.2 Å². The second-order valence-electron chi connectivity index (χ2n) is 9.96. The quantitative estimate of drug-likeness (QED) is 0.345. The Balaban J connectivity index is 2.12. The van der Waals surface area contributed by atoms with Gasteiger partial charge in [-0.1, -0.05) is 51.1 Å². The van der Waals surface area contributed by atoms with Gasteiger partial charge in [0.15, 0.2) is 0 Å². The predicted octanol–water partition coefficient (Wildman–Crippen LogP) is 5.58. The molecule has 0 spiro atoms. The van der Waals surface area contributed by atoms with Crippen molar-refractivity contribution in [3.05, 3.63) is 35.9 Å². The van der Waals surface area contributed by atoms with Gasteiger partial charge in [0.2, 0.25) is 5.91 Å². The van der Waals surface area contributed by atoms with Gasteiger partial charge >= 0.3 is 5.97 Å². The molecule has 1 aromatic carbocycles. The fourth-order valence-corrected chi connectivity index (χ4v) is 5.02. The molecule has 0 aliphatic carbocycles. The van der Waals surface area contributed by atoms with Crippen LogP contribution in [0, 0.1) is 5.92 Å². The maximum Gasteiger partial charge on any atom is 0.305 e. The summed E-state index contributed by atoms with van der Waals surface area (Å²) in [5.41, 5.74) is 0.724. The van der Waals surface area contributed by atoms with Crippen molar-refractivity contribution >= 4 is 11.9 Å². The number of piperidine rings is 1. The van der Waals surface area contributed by atoms with E-state index in [1.54, 1.807) is 0 Å². The third-order valence-corrected chi connectivity index (χ3v) is 7.82. The van der Waals surface area contributed by atoms with Gasteiger partial charge in [-0.05, 0) is 64.4 Å². The Bertz CT molecular complexity index is 771. The number of amides is 1. The van der Waals surface area contributed by atoms with Gasteiger partial charge in [0.25, 0.3) is 0 Å². The van der Waals surface area contributed by atoms with Crippen molar-refractivity contribution in [3.8, 4) is 0 Å². The van der Waals surface area contributed by atoms with Gasteiger partial charge in [0.1, 0.15) is 6.10 Å². The van der Waals surface area contributed by atoms with Crippen molar-refractivity contribution in [1.82, 2.24) is 10.4 Å². The lowest BCUT2D eigenvalue weighted by molar-refractivity contribution is -0.327. The minimum Gasteiger partial charge on any atom is -0.469 e. The standard InChI is InChI=1S/C27H44N2O4/c1-8-26(5)19-23(28-24(30)17-13-14-18-25(31)32-7)20(3)27(6,9-2)29(26)33-21(4)22-15-11-10-12-16-22/h10-12,15-16,20-21,23H,8-9,13-14,17-19H2,1-7H3,(H,28,30). The number of esters is 1. The number of methoxy groups -OCH3 is 1. The topological polar surface area (TPSA) is 67.9 Å². The van der Waals surface area contributed by atoms with E-state index < -0.39 is 0 Å². The zero-order valence-corrected chi connectivity index (χ0v) is 21.6. The largest absolute Gasteiger partial charge is 0.469 e. The molecule has 6 nitrogen and oxygen atoms in total. The van der Waals surface area contributed by atoms with Gasteiger partial charge in [-0.15, -0.1) is 0 Å². The van der Waals surface area contributed by atoms with Gasteiger partial charge < -0.3 is 10.1 Å². The Hall–Kier alpha value is -1.92. The predicted molar refractivity (Wildman–Crippen MR) is 131 cm³/mol. The molecule has 5 unspecified atom stereocenters. The van der Waals surface area contributed by atoms with Crippen LogP contribution in [-0.2, 0) is 19.2 Å². The summed E-state index contributed by atoms with van der Waals surface area (Å²) in [4.78, 5) is 30.7. The molecule has 5 atom stereocenters. The van der Waals surface area contributed by atoms with Crippen molar-refractivity contribution in [2.45, 2.75) is 110 Å². The third kappa shape index (κ3) is 6.57. The van der Waals surface area contributed by atoms with Crippen LogP contribution in [0.3, 0.4) is 0 Å². The lowest BCUT2D eigenvalue weighted by atomic mass is 9.68. The number of rotatable bonds is 11. The summed E-state index contributed by atoms with van der Waals surface area (Å²) in [6.45, 7) is 13.2. The molecule has 0 bridgehead atoms. The summed E-state index contributed by atoms with van der Waals surface area (Å²) < 4.78 is 4.67. The number of hydrogen-bond donors (Lipinski definition) is 1. The number of ether oxygens (including phenoxy) is 1. The molecular formula is C27H44N2O4. The Morgan fingerprint density at radius 1 is 1.12 bits per heavy atom. The Labute approximate surface area is 200 Å². The summed E-state index contributed by atoms with van der Waals surface area (Å²) >= 11 is 0. The Morgan fingerprint density at radius 3 is 2.33 bits per heavy atom. The third-order valence-electron chi connectivity index (χ3n) is 7.82. The van der Waals surface area contributed by atoms with Crippen LogP contribution in [0.2, 0.25) is 0 Å². The maximum absolute atomic E-state index is 12.7.